The predicted molar refractivity (Wildman–Crippen MR) is 149 cm³/mol. The van der Waals surface area contributed by atoms with Crippen LogP contribution in [0.15, 0.2) is 135 Å². The Morgan fingerprint density at radius 3 is 1.79 bits per heavy atom. The van der Waals surface area contributed by atoms with Crippen LogP contribution in [-0.4, -0.2) is 0 Å². The normalized spacial score (nSPS) is 11.9. The fourth-order valence-corrected chi connectivity index (χ4v) is 5.26. The molecule has 0 fully saturated rings. The molecule has 0 spiro atoms. The molecule has 0 bridgehead atoms. The molecule has 0 aromatic heterocycles. The van der Waals surface area contributed by atoms with E-state index in [2.05, 4.69) is 116 Å². The highest BCUT2D eigenvalue weighted by Gasteiger charge is 2.18. The van der Waals surface area contributed by atoms with Gasteiger partial charge in [-0.25, -0.2) is 0 Å². The van der Waals surface area contributed by atoms with Gasteiger partial charge in [-0.3, -0.25) is 0 Å². The van der Waals surface area contributed by atoms with E-state index in [4.69, 9.17) is 0 Å². The fraction of sp³-hybridized carbons (Fsp3) is 0. The minimum atomic E-state index is 1.08. The second kappa shape index (κ2) is 8.17. The minimum Gasteiger partial charge on any atom is -0.0990 e. The molecule has 0 heteroatoms. The molecule has 6 aromatic carbocycles. The van der Waals surface area contributed by atoms with Crippen LogP contribution in [0.1, 0.15) is 5.56 Å². The number of rotatable bonds is 5. The second-order valence-electron chi connectivity index (χ2n) is 8.63. The van der Waals surface area contributed by atoms with Crippen LogP contribution in [0, 0.1) is 0 Å². The van der Waals surface area contributed by atoms with Crippen molar-refractivity contribution in [3.63, 3.8) is 0 Å². The van der Waals surface area contributed by atoms with Gasteiger partial charge < -0.3 is 0 Å². The first-order valence-corrected chi connectivity index (χ1v) is 11.6. The second-order valence-corrected chi connectivity index (χ2v) is 8.63. The van der Waals surface area contributed by atoms with Crippen molar-refractivity contribution in [2.75, 3.05) is 0 Å². The molecule has 160 valence electrons. The van der Waals surface area contributed by atoms with Gasteiger partial charge in [-0.2, -0.15) is 0 Å². The average Bonchev–Trinajstić information content (AvgIpc) is 2.91. The molecule has 0 N–H and O–H groups in total. The molecular weight excluding hydrogens is 408 g/mol. The van der Waals surface area contributed by atoms with Gasteiger partial charge in [0.15, 0.2) is 0 Å². The lowest BCUT2D eigenvalue weighted by Gasteiger charge is -2.19. The summed E-state index contributed by atoms with van der Waals surface area (Å²) in [6.45, 7) is 8.04. The lowest BCUT2D eigenvalue weighted by Crippen LogP contribution is -1.93. The molecule has 0 amide bonds. The largest absolute Gasteiger partial charge is 0.0990 e. The van der Waals surface area contributed by atoms with Crippen molar-refractivity contribution in [1.29, 1.82) is 0 Å². The van der Waals surface area contributed by atoms with Gasteiger partial charge in [0.1, 0.15) is 0 Å². The van der Waals surface area contributed by atoms with Crippen molar-refractivity contribution >= 4 is 37.9 Å². The molecule has 34 heavy (non-hydrogen) atoms. The molecule has 0 radical (unpaired) electrons. The van der Waals surface area contributed by atoms with Crippen LogP contribution in [0.4, 0.5) is 0 Å². The van der Waals surface area contributed by atoms with Gasteiger partial charge in [-0.05, 0) is 71.8 Å². The SMILES string of the molecule is C=C/C=C(\C=C)c1cc(-c2ccccc2)c2ccc3c(-c4ccccc4)ccc4ccc1c2c43. The van der Waals surface area contributed by atoms with Crippen LogP contribution < -0.4 is 0 Å². The molecule has 0 unspecified atom stereocenters. The van der Waals surface area contributed by atoms with Crippen molar-refractivity contribution in [1.82, 2.24) is 0 Å². The third-order valence-corrected chi connectivity index (χ3v) is 6.78. The predicted octanol–water partition coefficient (Wildman–Crippen LogP) is 9.67. The molecule has 0 heterocycles. The highest BCUT2D eigenvalue weighted by Crippen LogP contribution is 2.44. The summed E-state index contributed by atoms with van der Waals surface area (Å²) in [7, 11) is 0. The van der Waals surface area contributed by atoms with Gasteiger partial charge in [0.05, 0.1) is 0 Å². The summed E-state index contributed by atoms with van der Waals surface area (Å²) in [5.41, 5.74) is 7.21. The number of hydrogen-bond donors (Lipinski definition) is 0. The van der Waals surface area contributed by atoms with E-state index in [0.717, 1.165) is 5.57 Å². The smallest absolute Gasteiger partial charge is 0.00141 e. The quantitative estimate of drug-likeness (QED) is 0.188. The fourth-order valence-electron chi connectivity index (χ4n) is 5.26. The first-order valence-electron chi connectivity index (χ1n) is 11.6. The van der Waals surface area contributed by atoms with Gasteiger partial charge in [0.25, 0.3) is 0 Å². The summed E-state index contributed by atoms with van der Waals surface area (Å²) in [6, 6.07) is 37.3. The molecule has 6 rings (SSSR count). The lowest BCUT2D eigenvalue weighted by molar-refractivity contribution is 1.63. The monoisotopic (exact) mass is 432 g/mol. The van der Waals surface area contributed by atoms with Gasteiger partial charge in [-0.1, -0.05) is 128 Å². The Balaban J connectivity index is 1.82. The molecule has 0 nitrogen and oxygen atoms in total. The maximum Gasteiger partial charge on any atom is -0.00141 e. The Morgan fingerprint density at radius 2 is 1.15 bits per heavy atom. The summed E-state index contributed by atoms with van der Waals surface area (Å²) >= 11 is 0. The Bertz CT molecular complexity index is 1700. The highest BCUT2D eigenvalue weighted by molar-refractivity contribution is 6.29. The zero-order chi connectivity index (χ0) is 23.1. The van der Waals surface area contributed by atoms with Crippen LogP contribution >= 0.6 is 0 Å². The van der Waals surface area contributed by atoms with Crippen molar-refractivity contribution in [3.8, 4) is 22.3 Å². The zero-order valence-electron chi connectivity index (χ0n) is 19.0. The van der Waals surface area contributed by atoms with Crippen molar-refractivity contribution in [3.05, 3.63) is 140 Å². The Kier molecular flexibility index (Phi) is 4.86. The summed E-state index contributed by atoms with van der Waals surface area (Å²) in [5, 5.41) is 7.68. The number of hydrogen-bond acceptors (Lipinski definition) is 0. The molecule has 0 aliphatic rings. The molecular formula is C34H24. The molecule has 6 aromatic rings. The minimum absolute atomic E-state index is 1.08. The first-order chi connectivity index (χ1) is 16.8. The van der Waals surface area contributed by atoms with Crippen LogP contribution in [-0.2, 0) is 0 Å². The van der Waals surface area contributed by atoms with E-state index in [9.17, 15) is 0 Å². The van der Waals surface area contributed by atoms with E-state index in [0.29, 0.717) is 0 Å². The Hall–Kier alpha value is -4.42. The van der Waals surface area contributed by atoms with E-state index in [-0.39, 0.29) is 0 Å². The van der Waals surface area contributed by atoms with Crippen LogP contribution in [0.3, 0.4) is 0 Å². The maximum atomic E-state index is 4.11. The molecule has 0 saturated heterocycles. The molecule has 0 atom stereocenters. The van der Waals surface area contributed by atoms with E-state index in [1.54, 1.807) is 0 Å². The third-order valence-electron chi connectivity index (χ3n) is 6.78. The van der Waals surface area contributed by atoms with Gasteiger partial charge in [0.2, 0.25) is 0 Å². The first kappa shape index (κ1) is 20.2. The number of allylic oxidation sites excluding steroid dienone is 4. The van der Waals surface area contributed by atoms with Crippen molar-refractivity contribution in [2.45, 2.75) is 0 Å². The Morgan fingerprint density at radius 1 is 0.559 bits per heavy atom. The van der Waals surface area contributed by atoms with Crippen LogP contribution in [0.5, 0.6) is 0 Å². The Labute approximate surface area is 200 Å². The van der Waals surface area contributed by atoms with Crippen molar-refractivity contribution in [2.24, 2.45) is 0 Å². The zero-order valence-corrected chi connectivity index (χ0v) is 19.0. The summed E-state index contributed by atoms with van der Waals surface area (Å²) in [4.78, 5) is 0. The summed E-state index contributed by atoms with van der Waals surface area (Å²) < 4.78 is 0. The van der Waals surface area contributed by atoms with E-state index in [1.165, 1.54) is 60.1 Å². The van der Waals surface area contributed by atoms with E-state index < -0.39 is 0 Å². The molecule has 0 aliphatic heterocycles. The third kappa shape index (κ3) is 3.08. The topological polar surface area (TPSA) is 0 Å². The van der Waals surface area contributed by atoms with E-state index in [1.807, 2.05) is 18.2 Å². The van der Waals surface area contributed by atoms with Crippen LogP contribution in [0.2, 0.25) is 0 Å². The van der Waals surface area contributed by atoms with Gasteiger partial charge in [0, 0.05) is 0 Å². The maximum absolute atomic E-state index is 4.11. The lowest BCUT2D eigenvalue weighted by atomic mass is 9.84. The average molecular weight is 433 g/mol. The standard InChI is InChI=1S/C34H24/c1-3-11-23(4-2)31-22-32(25-14-9-6-10-15-25)30-21-20-28-27(24-12-7-5-8-13-24)18-16-26-17-19-29(31)34(30)33(26)28/h3-22H,1-2H2/b23-11+. The van der Waals surface area contributed by atoms with Crippen LogP contribution in [0.25, 0.3) is 60.1 Å². The summed E-state index contributed by atoms with van der Waals surface area (Å²) in [5.74, 6) is 0. The molecule has 0 saturated carbocycles. The van der Waals surface area contributed by atoms with E-state index >= 15 is 0 Å². The number of benzene rings is 6. The van der Waals surface area contributed by atoms with Gasteiger partial charge in [-0.15, -0.1) is 0 Å². The molecule has 0 aliphatic carbocycles. The van der Waals surface area contributed by atoms with Crippen molar-refractivity contribution < 1.29 is 0 Å². The van der Waals surface area contributed by atoms with Gasteiger partial charge >= 0.3 is 0 Å². The summed E-state index contributed by atoms with van der Waals surface area (Å²) in [6.07, 6.45) is 5.81. The highest BCUT2D eigenvalue weighted by atomic mass is 14.2.